The van der Waals surface area contributed by atoms with E-state index in [-0.39, 0.29) is 16.3 Å². The van der Waals surface area contributed by atoms with Crippen LogP contribution in [-0.2, 0) is 14.8 Å². The predicted octanol–water partition coefficient (Wildman–Crippen LogP) is 4.53. The second-order valence-electron chi connectivity index (χ2n) is 7.22. The number of amides is 1. The van der Waals surface area contributed by atoms with Gasteiger partial charge in [0, 0.05) is 23.7 Å². The van der Waals surface area contributed by atoms with E-state index in [0.29, 0.717) is 36.2 Å². The zero-order valence-electron chi connectivity index (χ0n) is 17.1. The number of para-hydroxylation sites is 1. The van der Waals surface area contributed by atoms with Gasteiger partial charge in [0.1, 0.15) is 0 Å². The number of piperidine rings is 1. The van der Waals surface area contributed by atoms with Gasteiger partial charge in [-0.15, -0.1) is 0 Å². The molecule has 168 valence electrons. The zero-order chi connectivity index (χ0) is 22.4. The quantitative estimate of drug-likeness (QED) is 0.555. The van der Waals surface area contributed by atoms with Crippen molar-refractivity contribution in [2.75, 3.05) is 30.3 Å². The van der Waals surface area contributed by atoms with Crippen LogP contribution in [-0.4, -0.2) is 44.0 Å². The first-order valence-electron chi connectivity index (χ1n) is 9.96. The molecule has 0 unspecified atom stereocenters. The van der Waals surface area contributed by atoms with Crippen LogP contribution in [0, 0.1) is 6.92 Å². The van der Waals surface area contributed by atoms with E-state index < -0.39 is 21.7 Å². The van der Waals surface area contributed by atoms with Gasteiger partial charge < -0.3 is 10.6 Å². The van der Waals surface area contributed by atoms with E-state index in [0.717, 1.165) is 24.8 Å². The maximum absolute atomic E-state index is 12.9. The van der Waals surface area contributed by atoms with Gasteiger partial charge in [0.2, 0.25) is 15.9 Å². The molecule has 0 spiro atoms. The topological polar surface area (TPSA) is 78.5 Å². The molecule has 1 aliphatic rings. The average Bonchev–Trinajstić information content (AvgIpc) is 2.74. The van der Waals surface area contributed by atoms with Crippen molar-refractivity contribution in [2.24, 2.45) is 0 Å². The molecule has 2 aromatic rings. The highest BCUT2D eigenvalue weighted by Crippen LogP contribution is 2.31. The van der Waals surface area contributed by atoms with Gasteiger partial charge >= 0.3 is 0 Å². The van der Waals surface area contributed by atoms with E-state index >= 15 is 0 Å². The highest BCUT2D eigenvalue weighted by Gasteiger charge is 2.26. The molecule has 0 saturated carbocycles. The van der Waals surface area contributed by atoms with Crippen molar-refractivity contribution < 1.29 is 22.0 Å². The molecule has 1 saturated heterocycles. The monoisotopic (exact) mass is 469 g/mol. The molecule has 1 fully saturated rings. The number of aryl methyl sites for hydroxylation is 1. The minimum Gasteiger partial charge on any atom is -0.376 e. The smallest absolute Gasteiger partial charge is 0.288 e. The summed E-state index contributed by atoms with van der Waals surface area (Å²) in [4.78, 5) is 12.8. The SMILES string of the molecule is Cc1ccc(S(=O)(=O)N2CCCCC2)cc1NCC(=O)Nc1ccccc1SC(F)F. The molecule has 10 heteroatoms. The molecule has 3 rings (SSSR count). The number of hydrogen-bond acceptors (Lipinski definition) is 5. The number of sulfonamides is 1. The van der Waals surface area contributed by atoms with Crippen molar-refractivity contribution in [1.82, 2.24) is 4.31 Å². The van der Waals surface area contributed by atoms with Crippen LogP contribution in [0.1, 0.15) is 24.8 Å². The largest absolute Gasteiger partial charge is 0.376 e. The number of nitrogens with zero attached hydrogens (tertiary/aromatic N) is 1. The lowest BCUT2D eigenvalue weighted by molar-refractivity contribution is -0.114. The normalized spacial score (nSPS) is 15.1. The Morgan fingerprint density at radius 1 is 1.10 bits per heavy atom. The summed E-state index contributed by atoms with van der Waals surface area (Å²) < 4.78 is 52.7. The first kappa shape index (κ1) is 23.5. The van der Waals surface area contributed by atoms with Crippen molar-refractivity contribution in [2.45, 2.75) is 41.7 Å². The van der Waals surface area contributed by atoms with Crippen LogP contribution in [0.15, 0.2) is 52.3 Å². The summed E-state index contributed by atoms with van der Waals surface area (Å²) in [6, 6.07) is 11.1. The third-order valence-electron chi connectivity index (χ3n) is 4.98. The second kappa shape index (κ2) is 10.4. The number of halogens is 2. The van der Waals surface area contributed by atoms with Crippen LogP contribution in [0.2, 0.25) is 0 Å². The number of nitrogens with one attached hydrogen (secondary N) is 2. The van der Waals surface area contributed by atoms with Crippen molar-refractivity contribution in [3.05, 3.63) is 48.0 Å². The highest BCUT2D eigenvalue weighted by atomic mass is 32.2. The molecule has 1 aliphatic heterocycles. The van der Waals surface area contributed by atoms with Gasteiger partial charge in [0.25, 0.3) is 5.76 Å². The molecule has 1 amide bonds. The lowest BCUT2D eigenvalue weighted by Crippen LogP contribution is -2.35. The molecule has 0 atom stereocenters. The Morgan fingerprint density at radius 3 is 2.52 bits per heavy atom. The van der Waals surface area contributed by atoms with Crippen molar-refractivity contribution in [3.8, 4) is 0 Å². The summed E-state index contributed by atoms with van der Waals surface area (Å²) in [5.74, 6) is -3.02. The van der Waals surface area contributed by atoms with E-state index in [1.54, 1.807) is 30.3 Å². The summed E-state index contributed by atoms with van der Waals surface area (Å²) in [6.07, 6.45) is 2.73. The summed E-state index contributed by atoms with van der Waals surface area (Å²) in [5.41, 5.74) is 1.63. The Balaban J connectivity index is 1.68. The Morgan fingerprint density at radius 2 is 1.81 bits per heavy atom. The fourth-order valence-electron chi connectivity index (χ4n) is 3.34. The number of alkyl halides is 2. The van der Waals surface area contributed by atoms with Gasteiger partial charge in [-0.2, -0.15) is 13.1 Å². The number of benzene rings is 2. The number of carbonyl (C=O) groups is 1. The zero-order valence-corrected chi connectivity index (χ0v) is 18.7. The summed E-state index contributed by atoms with van der Waals surface area (Å²) in [5, 5.41) is 5.58. The van der Waals surface area contributed by atoms with Gasteiger partial charge in [-0.1, -0.05) is 36.4 Å². The number of anilines is 2. The Hall–Kier alpha value is -2.17. The highest BCUT2D eigenvalue weighted by molar-refractivity contribution is 7.99. The Bertz CT molecular complexity index is 1030. The third kappa shape index (κ3) is 6.18. The fourth-order valence-corrected chi connectivity index (χ4v) is 5.48. The van der Waals surface area contributed by atoms with Gasteiger partial charge in [-0.3, -0.25) is 4.79 Å². The van der Waals surface area contributed by atoms with E-state index in [2.05, 4.69) is 10.6 Å². The number of thioether (sulfide) groups is 1. The predicted molar refractivity (Wildman–Crippen MR) is 119 cm³/mol. The van der Waals surface area contributed by atoms with Gasteiger partial charge in [0.15, 0.2) is 0 Å². The second-order valence-corrected chi connectivity index (χ2v) is 10.2. The summed E-state index contributed by atoms with van der Waals surface area (Å²) in [7, 11) is -3.59. The van der Waals surface area contributed by atoms with E-state index in [4.69, 9.17) is 0 Å². The van der Waals surface area contributed by atoms with Crippen LogP contribution in [0.3, 0.4) is 0 Å². The standard InChI is InChI=1S/C21H25F2N3O3S2/c1-15-9-10-16(31(28,29)26-11-5-2-6-12-26)13-18(15)24-14-20(27)25-17-7-3-4-8-19(17)30-21(22)23/h3-4,7-10,13,21,24H,2,5-6,11-12,14H2,1H3,(H,25,27). The molecule has 2 aromatic carbocycles. The maximum Gasteiger partial charge on any atom is 0.288 e. The van der Waals surface area contributed by atoms with Crippen LogP contribution >= 0.6 is 11.8 Å². The molecule has 2 N–H and O–H groups in total. The van der Waals surface area contributed by atoms with Crippen LogP contribution in [0.5, 0.6) is 0 Å². The van der Waals surface area contributed by atoms with Crippen LogP contribution < -0.4 is 10.6 Å². The number of rotatable bonds is 8. The van der Waals surface area contributed by atoms with Crippen LogP contribution in [0.25, 0.3) is 0 Å². The summed E-state index contributed by atoms with van der Waals surface area (Å²) >= 11 is 0.362. The molecular formula is C21H25F2N3O3S2. The molecule has 0 radical (unpaired) electrons. The Kier molecular flexibility index (Phi) is 7.90. The molecule has 1 heterocycles. The van der Waals surface area contributed by atoms with E-state index in [9.17, 15) is 22.0 Å². The first-order valence-corrected chi connectivity index (χ1v) is 12.3. The average molecular weight is 470 g/mol. The molecule has 0 aliphatic carbocycles. The van der Waals surface area contributed by atoms with E-state index in [1.807, 2.05) is 6.92 Å². The minimum atomic E-state index is -3.59. The van der Waals surface area contributed by atoms with Crippen molar-refractivity contribution in [3.63, 3.8) is 0 Å². The summed E-state index contributed by atoms with van der Waals surface area (Å²) in [6.45, 7) is 2.70. The van der Waals surface area contributed by atoms with Gasteiger partial charge in [-0.05, 0) is 49.6 Å². The molecule has 0 aromatic heterocycles. The lowest BCUT2D eigenvalue weighted by Gasteiger charge is -2.26. The van der Waals surface area contributed by atoms with Crippen molar-refractivity contribution in [1.29, 1.82) is 0 Å². The number of hydrogen-bond donors (Lipinski definition) is 2. The molecule has 31 heavy (non-hydrogen) atoms. The molecule has 6 nitrogen and oxygen atoms in total. The lowest BCUT2D eigenvalue weighted by atomic mass is 10.2. The van der Waals surface area contributed by atoms with Gasteiger partial charge in [-0.25, -0.2) is 8.42 Å². The first-order chi connectivity index (χ1) is 14.8. The molecule has 0 bridgehead atoms. The third-order valence-corrected chi connectivity index (χ3v) is 7.66. The maximum atomic E-state index is 12.9. The minimum absolute atomic E-state index is 0.137. The van der Waals surface area contributed by atoms with Crippen LogP contribution in [0.4, 0.5) is 20.2 Å². The van der Waals surface area contributed by atoms with Gasteiger partial charge in [0.05, 0.1) is 17.1 Å². The van der Waals surface area contributed by atoms with E-state index in [1.165, 1.54) is 16.4 Å². The number of carbonyl (C=O) groups excluding carboxylic acids is 1. The van der Waals surface area contributed by atoms with Crippen molar-refractivity contribution >= 4 is 39.1 Å². The molecular weight excluding hydrogens is 444 g/mol. The fraction of sp³-hybridized carbons (Fsp3) is 0.381. The Labute approximate surface area is 185 Å².